The Balaban J connectivity index is 2.00. The van der Waals surface area contributed by atoms with Crippen molar-refractivity contribution in [1.82, 2.24) is 9.97 Å². The largest absolute Gasteiger partial charge is 0.481 e. The van der Waals surface area contributed by atoms with Crippen molar-refractivity contribution < 1.29 is 4.74 Å². The van der Waals surface area contributed by atoms with Gasteiger partial charge in [-0.15, -0.1) is 0 Å². The zero-order valence-electron chi connectivity index (χ0n) is 10.3. The van der Waals surface area contributed by atoms with Crippen LogP contribution in [0.5, 0.6) is 5.88 Å². The van der Waals surface area contributed by atoms with E-state index in [1.165, 1.54) is 12.8 Å². The first-order valence-corrected chi connectivity index (χ1v) is 6.87. The maximum absolute atomic E-state index is 5.12. The van der Waals surface area contributed by atoms with Gasteiger partial charge in [0.05, 0.1) is 7.11 Å². The molecule has 4 nitrogen and oxygen atoms in total. The molecule has 0 spiro atoms. The highest BCUT2D eigenvalue weighted by atomic mass is 79.9. The third kappa shape index (κ3) is 3.09. The fourth-order valence-electron chi connectivity index (χ4n) is 2.20. The SMILES string of the molecule is COc1cc(N2CCC(C(C)Br)CC2)ncn1. The number of aromatic nitrogens is 2. The van der Waals surface area contributed by atoms with Crippen molar-refractivity contribution >= 4 is 21.7 Å². The van der Waals surface area contributed by atoms with Crippen molar-refractivity contribution in [2.45, 2.75) is 24.6 Å². The number of hydrogen-bond donors (Lipinski definition) is 0. The first kappa shape index (κ1) is 12.6. The highest BCUT2D eigenvalue weighted by Gasteiger charge is 2.23. The molecule has 17 heavy (non-hydrogen) atoms. The summed E-state index contributed by atoms with van der Waals surface area (Å²) in [5, 5.41) is 0. The maximum Gasteiger partial charge on any atom is 0.218 e. The Morgan fingerprint density at radius 1 is 1.41 bits per heavy atom. The first-order chi connectivity index (χ1) is 8.20. The van der Waals surface area contributed by atoms with Crippen molar-refractivity contribution in [1.29, 1.82) is 0 Å². The highest BCUT2D eigenvalue weighted by molar-refractivity contribution is 9.09. The third-order valence-electron chi connectivity index (χ3n) is 3.35. The molecule has 0 N–H and O–H groups in total. The minimum Gasteiger partial charge on any atom is -0.481 e. The predicted octanol–water partition coefficient (Wildman–Crippen LogP) is 2.49. The van der Waals surface area contributed by atoms with Crippen LogP contribution in [0.3, 0.4) is 0 Å². The Kier molecular flexibility index (Phi) is 4.20. The van der Waals surface area contributed by atoms with E-state index in [0.717, 1.165) is 24.8 Å². The first-order valence-electron chi connectivity index (χ1n) is 5.95. The van der Waals surface area contributed by atoms with Crippen LogP contribution in [-0.4, -0.2) is 35.0 Å². The summed E-state index contributed by atoms with van der Waals surface area (Å²) >= 11 is 3.67. The summed E-state index contributed by atoms with van der Waals surface area (Å²) < 4.78 is 5.12. The number of anilines is 1. The van der Waals surface area contributed by atoms with E-state index in [-0.39, 0.29) is 0 Å². The molecule has 1 fully saturated rings. The molecule has 0 radical (unpaired) electrons. The average molecular weight is 300 g/mol. The lowest BCUT2D eigenvalue weighted by Crippen LogP contribution is -2.36. The predicted molar refractivity (Wildman–Crippen MR) is 71.9 cm³/mol. The number of halogens is 1. The van der Waals surface area contributed by atoms with Gasteiger partial charge >= 0.3 is 0 Å². The Hall–Kier alpha value is -0.840. The monoisotopic (exact) mass is 299 g/mol. The van der Waals surface area contributed by atoms with Gasteiger partial charge in [0.2, 0.25) is 5.88 Å². The summed E-state index contributed by atoms with van der Waals surface area (Å²) in [6.45, 7) is 4.34. The number of hydrogen-bond acceptors (Lipinski definition) is 4. The summed E-state index contributed by atoms with van der Waals surface area (Å²) in [7, 11) is 1.63. The molecule has 1 aromatic rings. The molecular formula is C12H18BrN3O. The van der Waals surface area contributed by atoms with Gasteiger partial charge in [-0.3, -0.25) is 0 Å². The lowest BCUT2D eigenvalue weighted by Gasteiger charge is -2.33. The van der Waals surface area contributed by atoms with Crippen LogP contribution in [0.15, 0.2) is 12.4 Å². The van der Waals surface area contributed by atoms with E-state index in [4.69, 9.17) is 4.74 Å². The van der Waals surface area contributed by atoms with E-state index in [0.29, 0.717) is 10.7 Å². The number of methoxy groups -OCH3 is 1. The minimum atomic E-state index is 0.601. The molecule has 5 heteroatoms. The molecule has 0 aromatic carbocycles. The lowest BCUT2D eigenvalue weighted by molar-refractivity contribution is 0.392. The van der Waals surface area contributed by atoms with Gasteiger partial charge in [-0.25, -0.2) is 9.97 Å². The summed E-state index contributed by atoms with van der Waals surface area (Å²) in [5.74, 6) is 2.37. The van der Waals surface area contributed by atoms with Crippen molar-refractivity contribution in [3.63, 3.8) is 0 Å². The molecule has 1 aliphatic rings. The highest BCUT2D eigenvalue weighted by Crippen LogP contribution is 2.27. The summed E-state index contributed by atoms with van der Waals surface area (Å²) in [5.41, 5.74) is 0. The molecule has 0 aliphatic carbocycles. The van der Waals surface area contributed by atoms with E-state index in [9.17, 15) is 0 Å². The van der Waals surface area contributed by atoms with Crippen LogP contribution in [0.25, 0.3) is 0 Å². The van der Waals surface area contributed by atoms with Crippen molar-refractivity contribution in [2.75, 3.05) is 25.1 Å². The quantitative estimate of drug-likeness (QED) is 0.804. The second kappa shape index (κ2) is 5.67. The molecule has 2 rings (SSSR count). The molecule has 0 bridgehead atoms. The Morgan fingerprint density at radius 2 is 2.12 bits per heavy atom. The van der Waals surface area contributed by atoms with Gasteiger partial charge < -0.3 is 9.64 Å². The van der Waals surface area contributed by atoms with Crippen LogP contribution in [0, 0.1) is 5.92 Å². The molecular weight excluding hydrogens is 282 g/mol. The van der Waals surface area contributed by atoms with E-state index >= 15 is 0 Å². The number of alkyl halides is 1. The van der Waals surface area contributed by atoms with E-state index in [1.807, 2.05) is 6.07 Å². The molecule has 1 aliphatic heterocycles. The number of ether oxygens (including phenoxy) is 1. The zero-order valence-corrected chi connectivity index (χ0v) is 11.9. The van der Waals surface area contributed by atoms with Crippen LogP contribution in [-0.2, 0) is 0 Å². The number of nitrogens with zero attached hydrogens (tertiary/aromatic N) is 3. The van der Waals surface area contributed by atoms with Crippen LogP contribution in [0.1, 0.15) is 19.8 Å². The molecule has 0 amide bonds. The summed E-state index contributed by atoms with van der Waals surface area (Å²) in [4.78, 5) is 11.2. The summed E-state index contributed by atoms with van der Waals surface area (Å²) in [6.07, 6.45) is 3.98. The summed E-state index contributed by atoms with van der Waals surface area (Å²) in [6, 6.07) is 1.90. The van der Waals surface area contributed by atoms with Gasteiger partial charge in [-0.1, -0.05) is 22.9 Å². The Morgan fingerprint density at radius 3 is 2.71 bits per heavy atom. The Bertz CT molecular complexity index is 365. The fraction of sp³-hybridized carbons (Fsp3) is 0.667. The Labute approximate surface area is 111 Å². The van der Waals surface area contributed by atoms with Gasteiger partial charge in [0.25, 0.3) is 0 Å². The average Bonchev–Trinajstić information content (AvgIpc) is 2.39. The normalized spacial score (nSPS) is 19.1. The van der Waals surface area contributed by atoms with Crippen LogP contribution >= 0.6 is 15.9 Å². The van der Waals surface area contributed by atoms with Crippen LogP contribution in [0.4, 0.5) is 5.82 Å². The van der Waals surface area contributed by atoms with Crippen LogP contribution < -0.4 is 9.64 Å². The second-order valence-corrected chi connectivity index (χ2v) is 5.86. The van der Waals surface area contributed by atoms with Crippen LogP contribution in [0.2, 0.25) is 0 Å². The van der Waals surface area contributed by atoms with Crippen molar-refractivity contribution in [3.05, 3.63) is 12.4 Å². The number of rotatable bonds is 3. The van der Waals surface area contributed by atoms with Gasteiger partial charge in [0.15, 0.2) is 0 Å². The molecule has 94 valence electrons. The van der Waals surface area contributed by atoms with Gasteiger partial charge in [0.1, 0.15) is 12.1 Å². The second-order valence-electron chi connectivity index (χ2n) is 4.42. The lowest BCUT2D eigenvalue weighted by atomic mass is 9.94. The minimum absolute atomic E-state index is 0.601. The topological polar surface area (TPSA) is 38.2 Å². The van der Waals surface area contributed by atoms with Crippen molar-refractivity contribution in [2.24, 2.45) is 5.92 Å². The van der Waals surface area contributed by atoms with Gasteiger partial charge in [-0.05, 0) is 18.8 Å². The fourth-order valence-corrected chi connectivity index (χ4v) is 2.73. The van der Waals surface area contributed by atoms with Gasteiger partial charge in [-0.2, -0.15) is 0 Å². The van der Waals surface area contributed by atoms with E-state index < -0.39 is 0 Å². The van der Waals surface area contributed by atoms with Gasteiger partial charge in [0, 0.05) is 24.0 Å². The molecule has 1 saturated heterocycles. The maximum atomic E-state index is 5.12. The molecule has 2 heterocycles. The molecule has 1 unspecified atom stereocenters. The zero-order chi connectivity index (χ0) is 12.3. The third-order valence-corrected chi connectivity index (χ3v) is 4.10. The molecule has 0 saturated carbocycles. The molecule has 1 aromatic heterocycles. The molecule has 1 atom stereocenters. The van der Waals surface area contributed by atoms with E-state index in [2.05, 4.69) is 37.7 Å². The number of piperidine rings is 1. The van der Waals surface area contributed by atoms with Crippen molar-refractivity contribution in [3.8, 4) is 5.88 Å². The standard InChI is InChI=1S/C12H18BrN3O/c1-9(13)10-3-5-16(6-4-10)11-7-12(17-2)15-8-14-11/h7-10H,3-6H2,1-2H3. The van der Waals surface area contributed by atoms with E-state index in [1.54, 1.807) is 13.4 Å². The smallest absolute Gasteiger partial charge is 0.218 e.